The number of aromatic nitrogens is 6. The van der Waals surface area contributed by atoms with Crippen LogP contribution in [0.3, 0.4) is 0 Å². The van der Waals surface area contributed by atoms with Crippen LogP contribution in [0.5, 0.6) is 28.7 Å². The Balaban J connectivity index is 0.000000173. The first-order valence-electron chi connectivity index (χ1n) is 39.3. The Bertz CT molecular complexity index is 6560. The number of benzene rings is 14. The average molecular weight is 1940 g/mol. The molecule has 3 aromatic heterocycles. The van der Waals surface area contributed by atoms with Gasteiger partial charge < -0.3 is 35.5 Å². The third-order valence-corrected chi connectivity index (χ3v) is 20.1. The van der Waals surface area contributed by atoms with Crippen molar-refractivity contribution in [2.75, 3.05) is 42.6 Å². The Morgan fingerprint density at radius 2 is 0.772 bits per heavy atom. The standard InChI is InChI=1S/C42H33N3O4.C28H21N3O3.C18H17N3.C12H9ClO2.CH2Cl2.CH4.BBr3/c1-27-15-17-29(18-16-27)39-26-43-40(38(44-39)23-28-9-5-4-6-10-28)45(41(46)36-13-7-11-30-24-32(48-2)19-21-34(30)36)42(47)37-14-8-12-31-25-33(49-3)20-22-35(31)37;32-21-11-9-19(10-12-21)26-17-29-27(25(30-26)15-18-5-2-1-3-6-18)31-28(34)24-8-4-7-20-16-22(33)13-14-23(20)24;1-13-7-9-15(10-8-13)17-12-20-18(19)16(21-17)11-14-5-3-2-4-6-14;1-15-9-6-8-4-2-3-5-10(8)11(7-9)12(13)14;2-1-3;;2-1(3)4/h4-22,24-26H,23H2,1-3H3;1-14,16-17,32-33H,15H2,(H,29,31,34);2-10,12H,11H2,1H3,(H2,19,20);2-7H,1H3;1H2;1H4;. The number of carbonyl (C=O) groups is 4. The van der Waals surface area contributed by atoms with E-state index in [0.29, 0.717) is 104 Å². The molecular formula is C102H86BBr3Cl3N9O9. The first kappa shape index (κ1) is 94.5. The van der Waals surface area contributed by atoms with E-state index in [0.717, 1.165) is 77.1 Å². The number of imide groups is 1. The van der Waals surface area contributed by atoms with Crippen LogP contribution >= 0.6 is 82.1 Å². The molecule has 0 saturated carbocycles. The van der Waals surface area contributed by atoms with E-state index in [4.69, 9.17) is 69.7 Å². The second-order valence-electron chi connectivity index (χ2n) is 28.3. The number of nitrogens with zero attached hydrogens (tertiary/aromatic N) is 7. The Hall–Kier alpha value is -13.2. The number of carbonyl (C=O) groups excluding carboxylic acids is 4. The maximum absolute atomic E-state index is 14.9. The summed E-state index contributed by atoms with van der Waals surface area (Å²) in [4.78, 5) is 83.8. The van der Waals surface area contributed by atoms with Gasteiger partial charge >= 0.3 is 3.18 Å². The van der Waals surface area contributed by atoms with Crippen LogP contribution in [0, 0.1) is 13.8 Å². The highest BCUT2D eigenvalue weighted by Crippen LogP contribution is 2.35. The highest BCUT2D eigenvalue weighted by molar-refractivity contribution is 9.69. The van der Waals surface area contributed by atoms with Crippen molar-refractivity contribution in [3.63, 3.8) is 0 Å². The first-order chi connectivity index (χ1) is 61.1. The van der Waals surface area contributed by atoms with Gasteiger partial charge in [-0.3, -0.25) is 19.2 Å². The monoisotopic (exact) mass is 1930 g/mol. The fraction of sp³-hybridized carbons (Fsp3) is 0.0980. The molecule has 14 aromatic carbocycles. The van der Waals surface area contributed by atoms with Crippen LogP contribution in [-0.4, -0.2) is 92.9 Å². The minimum Gasteiger partial charge on any atom is -0.508 e. The third kappa shape index (κ3) is 25.3. The van der Waals surface area contributed by atoms with Gasteiger partial charge in [0.25, 0.3) is 23.0 Å². The SMILES string of the molecule is BrB(Br)Br.C.COc1cc(C(=O)Cl)c2ccccc2c1.COc1ccc2c(C(=O)N(C(=O)c3cccc4cc(OC)ccc34)c3ncc(-c4ccc(C)cc4)nc3Cc3ccccc3)cccc2c1.Cc1ccc(-c2cnc(N)c(Cc3ccccc3)n2)cc1.ClCCl.O=C(Nc1ncc(-c2ccc(O)cc2)nc1Cc1ccccc1)c1cccc2cc(O)ccc12. The lowest BCUT2D eigenvalue weighted by Gasteiger charge is -2.24. The number of hydrogen-bond donors (Lipinski definition) is 4. The van der Waals surface area contributed by atoms with Crippen LogP contribution < -0.4 is 30.2 Å². The van der Waals surface area contributed by atoms with Gasteiger partial charge in [-0.25, -0.2) is 34.8 Å². The van der Waals surface area contributed by atoms with Gasteiger partial charge in [0, 0.05) is 58.2 Å². The molecule has 5 N–H and O–H groups in total. The highest BCUT2D eigenvalue weighted by Gasteiger charge is 2.33. The molecule has 25 heteroatoms. The summed E-state index contributed by atoms with van der Waals surface area (Å²) >= 11 is 24.4. The number of alkyl halides is 2. The number of ether oxygens (including phenoxy) is 3. The van der Waals surface area contributed by atoms with Crippen molar-refractivity contribution in [1.29, 1.82) is 0 Å². The van der Waals surface area contributed by atoms with Crippen molar-refractivity contribution in [3.8, 4) is 62.5 Å². The Morgan fingerprint density at radius 3 is 1.25 bits per heavy atom. The van der Waals surface area contributed by atoms with Gasteiger partial charge in [0.05, 0.1) is 79.4 Å². The largest absolute Gasteiger partial charge is 0.508 e. The number of methoxy groups -OCH3 is 3. The number of amides is 3. The van der Waals surface area contributed by atoms with Crippen molar-refractivity contribution < 1.29 is 43.6 Å². The lowest BCUT2D eigenvalue weighted by molar-refractivity contribution is 0.0896. The average Bonchev–Trinajstić information content (AvgIpc) is 0.757. The van der Waals surface area contributed by atoms with Crippen molar-refractivity contribution >= 4 is 169 Å². The number of fused-ring (bicyclic) bond motifs is 4. The van der Waals surface area contributed by atoms with E-state index in [1.54, 1.807) is 137 Å². The molecule has 638 valence electrons. The van der Waals surface area contributed by atoms with Crippen molar-refractivity contribution in [1.82, 2.24) is 29.9 Å². The van der Waals surface area contributed by atoms with Gasteiger partial charge in [-0.1, -0.05) is 219 Å². The van der Waals surface area contributed by atoms with E-state index >= 15 is 0 Å². The van der Waals surface area contributed by atoms with Crippen LogP contribution in [0.2, 0.25) is 0 Å². The fourth-order valence-corrected chi connectivity index (χ4v) is 13.9. The summed E-state index contributed by atoms with van der Waals surface area (Å²) < 4.78 is 16.3. The van der Waals surface area contributed by atoms with Gasteiger partial charge in [-0.05, 0) is 194 Å². The molecule has 18 nitrogen and oxygen atoms in total. The van der Waals surface area contributed by atoms with Crippen LogP contribution in [-0.2, 0) is 19.3 Å². The van der Waals surface area contributed by atoms with Crippen LogP contribution in [0.1, 0.15) is 93.8 Å². The number of phenols is 2. The van der Waals surface area contributed by atoms with Gasteiger partial charge in [-0.15, -0.1) is 70.5 Å². The minimum absolute atomic E-state index is 0. The number of aryl methyl sites for hydroxylation is 2. The van der Waals surface area contributed by atoms with E-state index in [1.165, 1.54) is 16.0 Å². The third-order valence-electron chi connectivity index (χ3n) is 19.9. The summed E-state index contributed by atoms with van der Waals surface area (Å²) in [6, 6.07) is 96.2. The van der Waals surface area contributed by atoms with Crippen molar-refractivity contribution in [3.05, 3.63) is 395 Å². The van der Waals surface area contributed by atoms with Gasteiger partial charge in [0.2, 0.25) is 0 Å². The maximum atomic E-state index is 14.9. The molecule has 0 radical (unpaired) electrons. The predicted octanol–water partition coefficient (Wildman–Crippen LogP) is 25.5. The summed E-state index contributed by atoms with van der Waals surface area (Å²) in [7, 11) is 4.76. The summed E-state index contributed by atoms with van der Waals surface area (Å²) in [6.45, 7) is 4.10. The number of nitrogens with two attached hydrogens (primary N) is 1. The molecular weight excluding hydrogens is 1850 g/mol. The van der Waals surface area contributed by atoms with Crippen molar-refractivity contribution in [2.45, 2.75) is 40.5 Å². The molecule has 0 saturated heterocycles. The van der Waals surface area contributed by atoms with E-state index in [2.05, 4.69) is 111 Å². The van der Waals surface area contributed by atoms with Crippen LogP contribution in [0.4, 0.5) is 17.5 Å². The number of hydrogen-bond acceptors (Lipinski definition) is 16. The van der Waals surface area contributed by atoms with E-state index in [9.17, 15) is 29.4 Å². The smallest absolute Gasteiger partial charge is 0.369 e. The van der Waals surface area contributed by atoms with Gasteiger partial charge in [-0.2, -0.15) is 0 Å². The molecule has 0 unspecified atom stereocenters. The molecule has 0 spiro atoms. The molecule has 0 aliphatic carbocycles. The van der Waals surface area contributed by atoms with Crippen molar-refractivity contribution in [2.24, 2.45) is 0 Å². The topological polar surface area (TPSA) is 255 Å². The molecule has 0 aliphatic heterocycles. The molecule has 0 bridgehead atoms. The summed E-state index contributed by atoms with van der Waals surface area (Å²) in [5.74, 6) is 2.00. The molecule has 17 rings (SSSR count). The second-order valence-corrected chi connectivity index (χ2v) is 35.9. The maximum Gasteiger partial charge on any atom is 0.369 e. The normalized spacial score (nSPS) is 10.4. The van der Waals surface area contributed by atoms with Gasteiger partial charge in [0.1, 0.15) is 34.6 Å². The first-order valence-corrected chi connectivity index (χ1v) is 43.5. The predicted molar refractivity (Wildman–Crippen MR) is 528 cm³/mol. The number of nitrogens with one attached hydrogen (secondary N) is 1. The number of halogens is 6. The zero-order chi connectivity index (χ0) is 89.2. The van der Waals surface area contributed by atoms with Crippen LogP contribution in [0.25, 0.3) is 76.9 Å². The summed E-state index contributed by atoms with van der Waals surface area (Å²) in [6.07, 6.45) is 6.49. The molecule has 17 aromatic rings. The number of nitrogen functional groups attached to an aromatic ring is 1. The number of rotatable bonds is 18. The van der Waals surface area contributed by atoms with E-state index in [1.807, 2.05) is 183 Å². The molecule has 127 heavy (non-hydrogen) atoms. The molecule has 3 heterocycles. The minimum atomic E-state index is -0.516. The Morgan fingerprint density at radius 1 is 0.409 bits per heavy atom. The van der Waals surface area contributed by atoms with E-state index < -0.39 is 17.1 Å². The quantitative estimate of drug-likeness (QED) is 0.0270. The van der Waals surface area contributed by atoms with Gasteiger partial charge in [0.15, 0.2) is 11.6 Å². The highest BCUT2D eigenvalue weighted by atomic mass is 79.9. The Labute approximate surface area is 776 Å². The van der Waals surface area contributed by atoms with E-state index in [-0.39, 0.29) is 39.2 Å². The zero-order valence-electron chi connectivity index (χ0n) is 68.8. The number of anilines is 3. The summed E-state index contributed by atoms with van der Waals surface area (Å²) in [5.41, 5.74) is 20.0. The molecule has 0 fully saturated rings. The summed E-state index contributed by atoms with van der Waals surface area (Å²) in [5, 5.41) is 28.3. The number of aromatic hydroxyl groups is 2. The number of phenolic OH excluding ortho intramolecular Hbond substituents is 2. The lowest BCUT2D eigenvalue weighted by atomic mass is 10.0. The fourth-order valence-electron chi connectivity index (χ4n) is 13.7. The molecule has 3 amide bonds. The zero-order valence-corrected chi connectivity index (χ0v) is 75.8. The van der Waals surface area contributed by atoms with Crippen LogP contribution in [0.15, 0.2) is 328 Å². The lowest BCUT2D eigenvalue weighted by Crippen LogP contribution is -2.39. The molecule has 0 atom stereocenters. The molecule has 0 aliphatic rings. The second kappa shape index (κ2) is 46.2. The Kier molecular flexibility index (Phi) is 34.3.